The number of nitrogens with zero attached hydrogens (tertiary/aromatic N) is 1. The van der Waals surface area contributed by atoms with Crippen molar-refractivity contribution in [2.24, 2.45) is 0 Å². The summed E-state index contributed by atoms with van der Waals surface area (Å²) in [6.07, 6.45) is 0. The largest absolute Gasteiger partial charge is 0.457 e. The lowest BCUT2D eigenvalue weighted by Crippen LogP contribution is -2.28. The van der Waals surface area contributed by atoms with Crippen molar-refractivity contribution in [3.8, 4) is 11.5 Å². The molecule has 0 aromatic heterocycles. The maximum atomic E-state index is 14.2. The summed E-state index contributed by atoms with van der Waals surface area (Å²) in [7, 11) is 0. The first-order valence-electron chi connectivity index (χ1n) is 8.23. The van der Waals surface area contributed by atoms with E-state index in [0.717, 1.165) is 11.4 Å². The normalized spacial score (nSPS) is 16.7. The van der Waals surface area contributed by atoms with Crippen molar-refractivity contribution < 1.29 is 13.9 Å². The molecule has 0 spiro atoms. The molecule has 0 N–H and O–H groups in total. The van der Waals surface area contributed by atoms with Crippen LogP contribution in [0.1, 0.15) is 10.9 Å². The van der Waals surface area contributed by atoms with Crippen molar-refractivity contribution >= 4 is 23.4 Å². The van der Waals surface area contributed by atoms with E-state index in [1.165, 1.54) is 17.8 Å². The second-order valence-electron chi connectivity index (χ2n) is 5.86. The van der Waals surface area contributed by atoms with E-state index < -0.39 is 0 Å². The number of halogens is 1. The van der Waals surface area contributed by atoms with Gasteiger partial charge in [-0.2, -0.15) is 0 Å². The number of para-hydroxylation sites is 1. The van der Waals surface area contributed by atoms with Gasteiger partial charge in [0.25, 0.3) is 0 Å². The Balaban J connectivity index is 1.59. The number of carbonyl (C=O) groups excluding carboxylic acids is 1. The first-order chi connectivity index (χ1) is 12.7. The SMILES string of the molecule is O=C1CS[C@@H](c2ccccc2F)N1c1ccc(Oc2ccccc2)cc1. The van der Waals surface area contributed by atoms with Crippen molar-refractivity contribution in [2.75, 3.05) is 10.7 Å². The summed E-state index contributed by atoms with van der Waals surface area (Å²) >= 11 is 1.43. The quantitative estimate of drug-likeness (QED) is 0.620. The second-order valence-corrected chi connectivity index (χ2v) is 6.93. The van der Waals surface area contributed by atoms with Crippen molar-refractivity contribution in [2.45, 2.75) is 5.37 Å². The third-order valence-corrected chi connectivity index (χ3v) is 5.33. The average Bonchev–Trinajstić information content (AvgIpc) is 3.05. The van der Waals surface area contributed by atoms with Gasteiger partial charge in [-0.3, -0.25) is 9.69 Å². The highest BCUT2D eigenvalue weighted by Crippen LogP contribution is 2.42. The van der Waals surface area contributed by atoms with Crippen LogP contribution in [-0.2, 0) is 4.79 Å². The van der Waals surface area contributed by atoms with Gasteiger partial charge >= 0.3 is 0 Å². The van der Waals surface area contributed by atoms with Crippen LogP contribution in [0.15, 0.2) is 78.9 Å². The summed E-state index contributed by atoms with van der Waals surface area (Å²) in [4.78, 5) is 14.0. The maximum Gasteiger partial charge on any atom is 0.238 e. The Kier molecular flexibility index (Phi) is 4.63. The van der Waals surface area contributed by atoms with E-state index in [9.17, 15) is 9.18 Å². The van der Waals surface area contributed by atoms with Crippen LogP contribution in [0.2, 0.25) is 0 Å². The zero-order chi connectivity index (χ0) is 17.9. The number of anilines is 1. The van der Waals surface area contributed by atoms with Gasteiger partial charge in [0.15, 0.2) is 0 Å². The van der Waals surface area contributed by atoms with Crippen molar-refractivity contribution in [3.05, 3.63) is 90.2 Å². The fourth-order valence-corrected chi connectivity index (χ4v) is 4.11. The highest BCUT2D eigenvalue weighted by atomic mass is 32.2. The van der Waals surface area contributed by atoms with E-state index >= 15 is 0 Å². The van der Waals surface area contributed by atoms with Gasteiger partial charge in [0.1, 0.15) is 22.7 Å². The van der Waals surface area contributed by atoms with Gasteiger partial charge < -0.3 is 4.74 Å². The smallest absolute Gasteiger partial charge is 0.238 e. The highest BCUT2D eigenvalue weighted by molar-refractivity contribution is 8.00. The molecule has 4 rings (SSSR count). The third kappa shape index (κ3) is 3.30. The van der Waals surface area contributed by atoms with Crippen molar-refractivity contribution in [1.29, 1.82) is 0 Å². The minimum atomic E-state index is -0.357. The summed E-state index contributed by atoms with van der Waals surface area (Å²) in [5, 5.41) is -0.357. The molecule has 1 atom stereocenters. The fraction of sp³-hybridized carbons (Fsp3) is 0.0952. The Morgan fingerprint density at radius 2 is 1.54 bits per heavy atom. The second kappa shape index (κ2) is 7.22. The first-order valence-corrected chi connectivity index (χ1v) is 9.28. The first kappa shape index (κ1) is 16.7. The van der Waals surface area contributed by atoms with Gasteiger partial charge in [-0.15, -0.1) is 11.8 Å². The van der Waals surface area contributed by atoms with Gasteiger partial charge in [0.05, 0.1) is 5.75 Å². The van der Waals surface area contributed by atoms with Crippen LogP contribution in [-0.4, -0.2) is 11.7 Å². The molecule has 0 radical (unpaired) electrons. The molecule has 1 aliphatic rings. The zero-order valence-electron chi connectivity index (χ0n) is 13.8. The summed E-state index contributed by atoms with van der Waals surface area (Å²) < 4.78 is 20.0. The van der Waals surface area contributed by atoms with Crippen LogP contribution in [0.25, 0.3) is 0 Å². The standard InChI is InChI=1S/C21H16FNO2S/c22-19-9-5-4-8-18(19)21-23(20(24)14-26-21)15-10-12-17(13-11-15)25-16-6-2-1-3-7-16/h1-13,21H,14H2/t21-/m0/s1. The predicted octanol–water partition coefficient (Wildman–Crippen LogP) is 5.40. The number of hydrogen-bond acceptors (Lipinski definition) is 3. The molecular formula is C21H16FNO2S. The van der Waals surface area contributed by atoms with Gasteiger partial charge in [-0.25, -0.2) is 4.39 Å². The summed E-state index contributed by atoms with van der Waals surface area (Å²) in [6, 6.07) is 23.4. The third-order valence-electron chi connectivity index (χ3n) is 4.13. The molecule has 1 aliphatic heterocycles. The van der Waals surface area contributed by atoms with Crippen LogP contribution in [0.5, 0.6) is 11.5 Å². The Morgan fingerprint density at radius 1 is 0.885 bits per heavy atom. The van der Waals surface area contributed by atoms with Gasteiger partial charge in [-0.05, 0) is 42.5 Å². The van der Waals surface area contributed by atoms with Crippen LogP contribution in [0, 0.1) is 5.82 Å². The zero-order valence-corrected chi connectivity index (χ0v) is 14.7. The van der Waals surface area contributed by atoms with E-state index in [1.54, 1.807) is 23.1 Å². The molecule has 130 valence electrons. The number of ether oxygens (including phenoxy) is 1. The molecule has 1 amide bonds. The Bertz CT molecular complexity index is 915. The molecule has 3 aromatic rings. The van der Waals surface area contributed by atoms with Crippen LogP contribution >= 0.6 is 11.8 Å². The number of rotatable bonds is 4. The molecule has 26 heavy (non-hydrogen) atoms. The number of hydrogen-bond donors (Lipinski definition) is 0. The van der Waals surface area contributed by atoms with Crippen molar-refractivity contribution in [1.82, 2.24) is 0 Å². The summed E-state index contributed by atoms with van der Waals surface area (Å²) in [5.74, 6) is 1.44. The lowest BCUT2D eigenvalue weighted by Gasteiger charge is -2.24. The lowest BCUT2D eigenvalue weighted by atomic mass is 10.1. The van der Waals surface area contributed by atoms with E-state index in [0.29, 0.717) is 17.1 Å². The van der Waals surface area contributed by atoms with E-state index in [1.807, 2.05) is 54.6 Å². The molecule has 0 unspecified atom stereocenters. The Hall–Kier alpha value is -2.79. The van der Waals surface area contributed by atoms with E-state index in [2.05, 4.69) is 0 Å². The molecular weight excluding hydrogens is 349 g/mol. The summed E-state index contributed by atoms with van der Waals surface area (Å²) in [6.45, 7) is 0. The van der Waals surface area contributed by atoms with Gasteiger partial charge in [-0.1, -0.05) is 36.4 Å². The van der Waals surface area contributed by atoms with E-state index in [4.69, 9.17) is 4.74 Å². The topological polar surface area (TPSA) is 29.5 Å². The summed E-state index contributed by atoms with van der Waals surface area (Å²) in [5.41, 5.74) is 1.25. The molecule has 5 heteroatoms. The monoisotopic (exact) mass is 365 g/mol. The van der Waals surface area contributed by atoms with Crippen molar-refractivity contribution in [3.63, 3.8) is 0 Å². The molecule has 1 saturated heterocycles. The van der Waals surface area contributed by atoms with Gasteiger partial charge in [0.2, 0.25) is 5.91 Å². The lowest BCUT2D eigenvalue weighted by molar-refractivity contribution is -0.115. The number of thioether (sulfide) groups is 1. The van der Waals surface area contributed by atoms with Crippen LogP contribution in [0.4, 0.5) is 10.1 Å². The van der Waals surface area contributed by atoms with E-state index in [-0.39, 0.29) is 17.1 Å². The minimum absolute atomic E-state index is 0.0278. The minimum Gasteiger partial charge on any atom is -0.457 e. The van der Waals surface area contributed by atoms with Crippen LogP contribution in [0.3, 0.4) is 0 Å². The molecule has 3 aromatic carbocycles. The number of amides is 1. The highest BCUT2D eigenvalue weighted by Gasteiger charge is 2.35. The molecule has 1 fully saturated rings. The maximum absolute atomic E-state index is 14.2. The Morgan fingerprint density at radius 3 is 2.27 bits per heavy atom. The molecule has 0 bridgehead atoms. The molecule has 1 heterocycles. The number of benzene rings is 3. The van der Waals surface area contributed by atoms with Crippen LogP contribution < -0.4 is 9.64 Å². The van der Waals surface area contributed by atoms with Gasteiger partial charge in [0, 0.05) is 11.3 Å². The molecule has 0 saturated carbocycles. The number of carbonyl (C=O) groups is 1. The fourth-order valence-electron chi connectivity index (χ4n) is 2.91. The predicted molar refractivity (Wildman–Crippen MR) is 102 cm³/mol. The molecule has 0 aliphatic carbocycles. The Labute approximate surface area is 155 Å². The average molecular weight is 365 g/mol. The molecule has 3 nitrogen and oxygen atoms in total.